The van der Waals surface area contributed by atoms with Crippen LogP contribution in [0.3, 0.4) is 0 Å². The van der Waals surface area contributed by atoms with Crippen LogP contribution in [0, 0.1) is 0 Å². The standard InChI is InChI=1S/C7H7FN2O3/c8-2-5-4(3-9-10-5)6(11)1-7(12)13/h3H,1-2H2,(H,9,10)(H,12,13). The summed E-state index contributed by atoms with van der Waals surface area (Å²) in [4.78, 5) is 21.2. The molecule has 0 saturated carbocycles. The number of aromatic nitrogens is 2. The number of carboxylic acid groups (broad SMARTS) is 1. The third kappa shape index (κ3) is 2.11. The van der Waals surface area contributed by atoms with E-state index in [2.05, 4.69) is 10.2 Å². The van der Waals surface area contributed by atoms with Crippen LogP contribution in [0.5, 0.6) is 0 Å². The predicted octanol–water partition coefficient (Wildman–Crippen LogP) is 0.537. The van der Waals surface area contributed by atoms with Crippen molar-refractivity contribution >= 4 is 11.8 Å². The van der Waals surface area contributed by atoms with E-state index in [-0.39, 0.29) is 11.3 Å². The van der Waals surface area contributed by atoms with Gasteiger partial charge in [-0.25, -0.2) is 4.39 Å². The molecule has 6 heteroatoms. The van der Waals surface area contributed by atoms with E-state index in [1.54, 1.807) is 0 Å². The number of hydrogen-bond acceptors (Lipinski definition) is 3. The minimum absolute atomic E-state index is 0.00454. The average Bonchev–Trinajstić information content (AvgIpc) is 2.49. The molecule has 0 aliphatic carbocycles. The number of aromatic amines is 1. The lowest BCUT2D eigenvalue weighted by Gasteiger charge is -1.94. The normalized spacial score (nSPS) is 9.92. The molecule has 0 atom stereocenters. The van der Waals surface area contributed by atoms with Gasteiger partial charge in [-0.1, -0.05) is 0 Å². The maximum Gasteiger partial charge on any atom is 0.311 e. The first-order valence-electron chi connectivity index (χ1n) is 3.48. The van der Waals surface area contributed by atoms with Crippen molar-refractivity contribution in [1.82, 2.24) is 10.2 Å². The van der Waals surface area contributed by atoms with Gasteiger partial charge in [-0.15, -0.1) is 0 Å². The van der Waals surface area contributed by atoms with Gasteiger partial charge >= 0.3 is 5.97 Å². The lowest BCUT2D eigenvalue weighted by Crippen LogP contribution is -2.07. The second kappa shape index (κ2) is 3.79. The zero-order valence-electron chi connectivity index (χ0n) is 6.58. The zero-order valence-corrected chi connectivity index (χ0v) is 6.58. The van der Waals surface area contributed by atoms with Crippen molar-refractivity contribution in [2.45, 2.75) is 13.1 Å². The summed E-state index contributed by atoms with van der Waals surface area (Å²) in [6, 6.07) is 0. The predicted molar refractivity (Wildman–Crippen MR) is 40.0 cm³/mol. The maximum atomic E-state index is 12.1. The highest BCUT2D eigenvalue weighted by Crippen LogP contribution is 2.08. The lowest BCUT2D eigenvalue weighted by molar-refractivity contribution is -0.135. The first-order chi connectivity index (χ1) is 6.15. The van der Waals surface area contributed by atoms with E-state index >= 15 is 0 Å². The van der Waals surface area contributed by atoms with Crippen LogP contribution < -0.4 is 0 Å². The number of ketones is 1. The fraction of sp³-hybridized carbons (Fsp3) is 0.286. The number of alkyl halides is 1. The molecule has 0 radical (unpaired) electrons. The Morgan fingerprint density at radius 3 is 2.85 bits per heavy atom. The molecule has 70 valence electrons. The van der Waals surface area contributed by atoms with Crippen molar-refractivity contribution in [1.29, 1.82) is 0 Å². The number of nitrogens with zero attached hydrogens (tertiary/aromatic N) is 1. The number of aliphatic carboxylic acids is 1. The highest BCUT2D eigenvalue weighted by Gasteiger charge is 2.16. The van der Waals surface area contributed by atoms with Gasteiger partial charge in [0.05, 0.1) is 17.5 Å². The molecule has 0 unspecified atom stereocenters. The molecule has 0 fully saturated rings. The number of carboxylic acids is 1. The summed E-state index contributed by atoms with van der Waals surface area (Å²) in [5, 5.41) is 14.0. The third-order valence-electron chi connectivity index (χ3n) is 1.46. The molecule has 0 saturated heterocycles. The SMILES string of the molecule is O=C(O)CC(=O)c1cn[nH]c1CF. The summed E-state index contributed by atoms with van der Waals surface area (Å²) in [5.74, 6) is -1.88. The van der Waals surface area contributed by atoms with E-state index in [1.165, 1.54) is 0 Å². The molecule has 0 spiro atoms. The summed E-state index contributed by atoms with van der Waals surface area (Å²) < 4.78 is 12.1. The van der Waals surface area contributed by atoms with Crippen LogP contribution in [0.1, 0.15) is 22.5 Å². The Bertz CT molecular complexity index is 334. The van der Waals surface area contributed by atoms with Crippen LogP contribution in [0.2, 0.25) is 0 Å². The highest BCUT2D eigenvalue weighted by atomic mass is 19.1. The first-order valence-corrected chi connectivity index (χ1v) is 3.48. The van der Waals surface area contributed by atoms with Gasteiger partial charge in [0.2, 0.25) is 0 Å². The topological polar surface area (TPSA) is 83.0 Å². The lowest BCUT2D eigenvalue weighted by atomic mass is 10.1. The summed E-state index contributed by atoms with van der Waals surface area (Å²) in [6.45, 7) is -0.860. The van der Waals surface area contributed by atoms with Crippen molar-refractivity contribution in [2.75, 3.05) is 0 Å². The molecule has 1 heterocycles. The number of carbonyl (C=O) groups excluding carboxylic acids is 1. The fourth-order valence-corrected chi connectivity index (χ4v) is 0.888. The van der Waals surface area contributed by atoms with Crippen molar-refractivity contribution in [3.8, 4) is 0 Å². The highest BCUT2D eigenvalue weighted by molar-refractivity contribution is 6.05. The van der Waals surface area contributed by atoms with Gasteiger partial charge in [-0.3, -0.25) is 14.7 Å². The Morgan fingerprint density at radius 1 is 1.62 bits per heavy atom. The van der Waals surface area contributed by atoms with Crippen molar-refractivity contribution in [2.24, 2.45) is 0 Å². The fourth-order valence-electron chi connectivity index (χ4n) is 0.888. The number of H-pyrrole nitrogens is 1. The maximum absolute atomic E-state index is 12.1. The minimum Gasteiger partial charge on any atom is -0.481 e. The van der Waals surface area contributed by atoms with E-state index in [0.29, 0.717) is 0 Å². The minimum atomic E-state index is -1.24. The first kappa shape index (κ1) is 9.37. The molecule has 2 N–H and O–H groups in total. The monoisotopic (exact) mass is 186 g/mol. The summed E-state index contributed by atoms with van der Waals surface area (Å²) in [7, 11) is 0. The smallest absolute Gasteiger partial charge is 0.311 e. The zero-order chi connectivity index (χ0) is 9.84. The molecule has 0 aliphatic rings. The van der Waals surface area contributed by atoms with Crippen LogP contribution in [-0.4, -0.2) is 27.1 Å². The van der Waals surface area contributed by atoms with Gasteiger partial charge < -0.3 is 5.11 Å². The number of Topliss-reactive ketones (excluding diaryl/α,β-unsaturated/α-hetero) is 1. The summed E-state index contributed by atoms with van der Waals surface area (Å²) in [6.07, 6.45) is 0.479. The third-order valence-corrected chi connectivity index (χ3v) is 1.46. The van der Waals surface area contributed by atoms with Gasteiger partial charge in [0, 0.05) is 0 Å². The summed E-state index contributed by atoms with van der Waals surface area (Å²) in [5.41, 5.74) is 0.0242. The molecule has 1 rings (SSSR count). The van der Waals surface area contributed by atoms with Gasteiger partial charge in [0.1, 0.15) is 13.1 Å². The molecule has 0 amide bonds. The van der Waals surface area contributed by atoms with E-state index in [4.69, 9.17) is 5.11 Å². The average molecular weight is 186 g/mol. The van der Waals surface area contributed by atoms with Gasteiger partial charge in [0.25, 0.3) is 0 Å². The second-order valence-corrected chi connectivity index (χ2v) is 2.39. The largest absolute Gasteiger partial charge is 0.481 e. The van der Waals surface area contributed by atoms with E-state index in [1.807, 2.05) is 0 Å². The molecule has 1 aromatic rings. The Morgan fingerprint density at radius 2 is 2.31 bits per heavy atom. The van der Waals surface area contributed by atoms with E-state index in [0.717, 1.165) is 6.20 Å². The number of nitrogens with one attached hydrogen (secondary N) is 1. The van der Waals surface area contributed by atoms with E-state index < -0.39 is 24.8 Å². The Labute approximate surface area is 72.6 Å². The molecular formula is C7H7FN2O3. The Hall–Kier alpha value is -1.72. The number of halogens is 1. The van der Waals surface area contributed by atoms with E-state index in [9.17, 15) is 14.0 Å². The Kier molecular flexibility index (Phi) is 2.73. The summed E-state index contributed by atoms with van der Waals surface area (Å²) >= 11 is 0. The second-order valence-electron chi connectivity index (χ2n) is 2.39. The van der Waals surface area contributed by atoms with Crippen molar-refractivity contribution in [3.05, 3.63) is 17.5 Å². The van der Waals surface area contributed by atoms with Crippen LogP contribution >= 0.6 is 0 Å². The van der Waals surface area contributed by atoms with Crippen molar-refractivity contribution < 1.29 is 19.1 Å². The number of hydrogen-bond donors (Lipinski definition) is 2. The van der Waals surface area contributed by atoms with Crippen LogP contribution in [0.4, 0.5) is 4.39 Å². The molecular weight excluding hydrogens is 179 g/mol. The molecule has 13 heavy (non-hydrogen) atoms. The molecule has 0 aliphatic heterocycles. The quantitative estimate of drug-likeness (QED) is 0.531. The molecule has 0 aromatic carbocycles. The van der Waals surface area contributed by atoms with Crippen LogP contribution in [0.15, 0.2) is 6.20 Å². The van der Waals surface area contributed by atoms with Gasteiger partial charge in [-0.05, 0) is 0 Å². The van der Waals surface area contributed by atoms with Gasteiger partial charge in [0.15, 0.2) is 5.78 Å². The Balaban J connectivity index is 2.82. The van der Waals surface area contributed by atoms with Crippen LogP contribution in [0.25, 0.3) is 0 Å². The van der Waals surface area contributed by atoms with Gasteiger partial charge in [-0.2, -0.15) is 5.10 Å². The van der Waals surface area contributed by atoms with Crippen molar-refractivity contribution in [3.63, 3.8) is 0 Å². The van der Waals surface area contributed by atoms with Crippen LogP contribution in [-0.2, 0) is 11.5 Å². The molecule has 1 aromatic heterocycles. The number of carbonyl (C=O) groups is 2. The number of rotatable bonds is 4. The molecule has 0 bridgehead atoms. The molecule has 5 nitrogen and oxygen atoms in total.